The predicted molar refractivity (Wildman–Crippen MR) is 72.7 cm³/mol. The van der Waals surface area contributed by atoms with E-state index in [1.165, 1.54) is 4.31 Å². The van der Waals surface area contributed by atoms with Gasteiger partial charge in [-0.3, -0.25) is 0 Å². The van der Waals surface area contributed by atoms with Crippen LogP contribution in [0, 0.1) is 0 Å². The minimum atomic E-state index is -4.62. The van der Waals surface area contributed by atoms with Gasteiger partial charge in [0.25, 0.3) is 0 Å². The van der Waals surface area contributed by atoms with Gasteiger partial charge in [0.2, 0.25) is 10.0 Å². The van der Waals surface area contributed by atoms with Gasteiger partial charge >= 0.3 is 6.18 Å². The van der Waals surface area contributed by atoms with E-state index >= 15 is 0 Å². The predicted octanol–water partition coefficient (Wildman–Crippen LogP) is 2.34. The van der Waals surface area contributed by atoms with E-state index in [0.29, 0.717) is 19.2 Å². The quantitative estimate of drug-likeness (QED) is 0.897. The van der Waals surface area contributed by atoms with Gasteiger partial charge in [-0.2, -0.15) is 17.5 Å². The number of rotatable bonds is 2. The second-order valence-corrected chi connectivity index (χ2v) is 7.08. The molecule has 0 bridgehead atoms. The maximum absolute atomic E-state index is 12.7. The van der Waals surface area contributed by atoms with Crippen LogP contribution in [0.5, 0.6) is 0 Å². The van der Waals surface area contributed by atoms with Crippen LogP contribution in [0.3, 0.4) is 0 Å². The molecule has 1 aliphatic heterocycles. The van der Waals surface area contributed by atoms with Gasteiger partial charge in [-0.15, -0.1) is 0 Å². The fourth-order valence-corrected chi connectivity index (χ4v) is 4.32. The molecule has 1 N–H and O–H groups in total. The first-order chi connectivity index (χ1) is 9.64. The normalized spacial score (nSPS) is 21.5. The molecular weight excluding hydrogens is 329 g/mol. The second-order valence-electron chi connectivity index (χ2n) is 4.81. The fourth-order valence-electron chi connectivity index (χ4n) is 2.18. The number of alkyl halides is 3. The highest BCUT2D eigenvalue weighted by Crippen LogP contribution is 2.34. The highest BCUT2D eigenvalue weighted by atomic mass is 35.5. The lowest BCUT2D eigenvalue weighted by atomic mass is 10.2. The van der Waals surface area contributed by atoms with E-state index < -0.39 is 26.7 Å². The summed E-state index contributed by atoms with van der Waals surface area (Å²) in [6.45, 7) is 2.76. The third kappa shape index (κ3) is 3.33. The van der Waals surface area contributed by atoms with Crippen LogP contribution in [0.2, 0.25) is 5.02 Å². The molecule has 21 heavy (non-hydrogen) atoms. The van der Waals surface area contributed by atoms with Crippen molar-refractivity contribution in [3.63, 3.8) is 0 Å². The molecule has 4 nitrogen and oxygen atoms in total. The summed E-state index contributed by atoms with van der Waals surface area (Å²) in [7, 11) is -4.06. The third-order valence-corrected chi connectivity index (χ3v) is 5.78. The minimum Gasteiger partial charge on any atom is -0.314 e. The average Bonchev–Trinajstić information content (AvgIpc) is 2.37. The van der Waals surface area contributed by atoms with Crippen LogP contribution in [-0.2, 0) is 16.2 Å². The van der Waals surface area contributed by atoms with E-state index in [1.54, 1.807) is 6.92 Å². The zero-order valence-electron chi connectivity index (χ0n) is 11.1. The number of piperazine rings is 1. The first-order valence-electron chi connectivity index (χ1n) is 6.23. The van der Waals surface area contributed by atoms with E-state index in [2.05, 4.69) is 5.32 Å². The van der Waals surface area contributed by atoms with Gasteiger partial charge < -0.3 is 5.32 Å². The first-order valence-corrected chi connectivity index (χ1v) is 8.05. The molecule has 0 spiro atoms. The Balaban J connectivity index is 2.49. The van der Waals surface area contributed by atoms with Crippen LogP contribution >= 0.6 is 11.6 Å². The highest BCUT2D eigenvalue weighted by molar-refractivity contribution is 7.89. The van der Waals surface area contributed by atoms with Gasteiger partial charge in [-0.25, -0.2) is 8.42 Å². The number of benzene rings is 1. The summed E-state index contributed by atoms with van der Waals surface area (Å²) in [4.78, 5) is -0.507. The summed E-state index contributed by atoms with van der Waals surface area (Å²) < 4.78 is 64.5. The number of nitrogens with one attached hydrogen (secondary N) is 1. The van der Waals surface area contributed by atoms with E-state index in [0.717, 1.165) is 12.1 Å². The Morgan fingerprint density at radius 2 is 2.05 bits per heavy atom. The molecule has 0 aromatic heterocycles. The number of halogens is 4. The lowest BCUT2D eigenvalue weighted by molar-refractivity contribution is -0.137. The molecule has 0 amide bonds. The van der Waals surface area contributed by atoms with Crippen molar-refractivity contribution >= 4 is 21.6 Å². The van der Waals surface area contributed by atoms with Crippen molar-refractivity contribution in [1.29, 1.82) is 0 Å². The molecule has 1 saturated heterocycles. The lowest BCUT2D eigenvalue weighted by Crippen LogP contribution is -2.52. The van der Waals surface area contributed by atoms with Gasteiger partial charge in [0, 0.05) is 25.7 Å². The Kier molecular flexibility index (Phi) is 4.53. The molecule has 1 heterocycles. The molecule has 1 aliphatic rings. The largest absolute Gasteiger partial charge is 0.416 e. The fraction of sp³-hybridized carbons (Fsp3) is 0.500. The Morgan fingerprint density at radius 1 is 1.38 bits per heavy atom. The van der Waals surface area contributed by atoms with Crippen LogP contribution in [0.15, 0.2) is 23.1 Å². The second kappa shape index (κ2) is 5.75. The van der Waals surface area contributed by atoms with E-state index in [-0.39, 0.29) is 17.6 Å². The van der Waals surface area contributed by atoms with Crippen LogP contribution < -0.4 is 5.32 Å². The molecule has 0 unspecified atom stereocenters. The van der Waals surface area contributed by atoms with Gasteiger partial charge in [0.1, 0.15) is 4.90 Å². The molecule has 1 aromatic carbocycles. The topological polar surface area (TPSA) is 49.4 Å². The molecule has 9 heteroatoms. The van der Waals surface area contributed by atoms with Gasteiger partial charge in [-0.05, 0) is 25.1 Å². The average molecular weight is 343 g/mol. The molecule has 0 radical (unpaired) electrons. The zero-order chi connectivity index (χ0) is 15.8. The number of nitrogens with zero attached hydrogens (tertiary/aromatic N) is 1. The van der Waals surface area contributed by atoms with Crippen molar-refractivity contribution in [2.75, 3.05) is 19.6 Å². The zero-order valence-corrected chi connectivity index (χ0v) is 12.7. The summed E-state index contributed by atoms with van der Waals surface area (Å²) in [5, 5.41) is 2.81. The van der Waals surface area contributed by atoms with E-state index in [9.17, 15) is 21.6 Å². The Morgan fingerprint density at radius 3 is 2.62 bits per heavy atom. The van der Waals surface area contributed by atoms with Crippen molar-refractivity contribution in [2.24, 2.45) is 0 Å². The van der Waals surface area contributed by atoms with Crippen LogP contribution in [-0.4, -0.2) is 38.4 Å². The summed E-state index contributed by atoms with van der Waals surface area (Å²) in [5.41, 5.74) is -1.03. The molecule has 1 atom stereocenters. The molecule has 0 aliphatic carbocycles. The van der Waals surface area contributed by atoms with E-state index in [4.69, 9.17) is 11.6 Å². The Hall–Kier alpha value is -0.830. The molecular formula is C12H14ClF3N2O2S. The van der Waals surface area contributed by atoms with Crippen molar-refractivity contribution in [1.82, 2.24) is 9.62 Å². The Bertz CT molecular complexity index is 634. The van der Waals surface area contributed by atoms with Crippen LogP contribution in [0.4, 0.5) is 13.2 Å². The molecule has 1 fully saturated rings. The van der Waals surface area contributed by atoms with Crippen molar-refractivity contribution in [3.05, 3.63) is 28.8 Å². The number of hydrogen-bond donors (Lipinski definition) is 1. The number of hydrogen-bond acceptors (Lipinski definition) is 3. The lowest BCUT2D eigenvalue weighted by Gasteiger charge is -2.33. The maximum atomic E-state index is 12.7. The van der Waals surface area contributed by atoms with Gasteiger partial charge in [-0.1, -0.05) is 11.6 Å². The molecule has 2 rings (SSSR count). The smallest absolute Gasteiger partial charge is 0.314 e. The summed E-state index contributed by atoms with van der Waals surface area (Å²) in [6.07, 6.45) is -4.62. The molecule has 1 aromatic rings. The SMILES string of the molecule is C[C@H]1CNCCN1S(=O)(=O)c1cc(C(F)(F)F)ccc1Cl. The van der Waals surface area contributed by atoms with Gasteiger partial charge in [0.15, 0.2) is 0 Å². The van der Waals surface area contributed by atoms with E-state index in [1.807, 2.05) is 0 Å². The minimum absolute atomic E-state index is 0.191. The highest BCUT2D eigenvalue weighted by Gasteiger charge is 2.36. The standard InChI is InChI=1S/C12H14ClF3N2O2S/c1-8-7-17-4-5-18(8)21(19,20)11-6-9(12(14,15)16)2-3-10(11)13/h2-3,6,8,17H,4-5,7H2,1H3/t8-/m0/s1. The first kappa shape index (κ1) is 16.5. The summed E-state index contributed by atoms with van der Waals surface area (Å²) in [5.74, 6) is 0. The number of sulfonamides is 1. The molecule has 0 saturated carbocycles. The van der Waals surface area contributed by atoms with Crippen molar-refractivity contribution in [3.8, 4) is 0 Å². The summed E-state index contributed by atoms with van der Waals surface area (Å²) in [6, 6.07) is 1.97. The Labute approximate surface area is 125 Å². The van der Waals surface area contributed by atoms with Crippen LogP contribution in [0.1, 0.15) is 12.5 Å². The van der Waals surface area contributed by atoms with Crippen molar-refractivity contribution < 1.29 is 21.6 Å². The molecule has 118 valence electrons. The van der Waals surface area contributed by atoms with Gasteiger partial charge in [0.05, 0.1) is 10.6 Å². The van der Waals surface area contributed by atoms with Crippen LogP contribution in [0.25, 0.3) is 0 Å². The van der Waals surface area contributed by atoms with Crippen molar-refractivity contribution in [2.45, 2.75) is 24.0 Å². The third-order valence-electron chi connectivity index (χ3n) is 3.29. The summed E-state index contributed by atoms with van der Waals surface area (Å²) >= 11 is 5.81. The maximum Gasteiger partial charge on any atom is 0.416 e. The monoisotopic (exact) mass is 342 g/mol.